The van der Waals surface area contributed by atoms with E-state index in [9.17, 15) is 14.9 Å². The van der Waals surface area contributed by atoms with Crippen molar-refractivity contribution in [1.29, 1.82) is 0 Å². The van der Waals surface area contributed by atoms with Crippen molar-refractivity contribution in [3.63, 3.8) is 0 Å². The van der Waals surface area contributed by atoms with Crippen molar-refractivity contribution in [2.45, 2.75) is 38.1 Å². The third-order valence-electron chi connectivity index (χ3n) is 3.76. The molecule has 1 aromatic carbocycles. The first-order valence-electron chi connectivity index (χ1n) is 6.89. The quantitative estimate of drug-likeness (QED) is 0.503. The van der Waals surface area contributed by atoms with Crippen molar-refractivity contribution in [3.8, 4) is 0 Å². The number of nitrogens with two attached hydrogens (primary N) is 1. The average Bonchev–Trinajstić information content (AvgIpc) is 2.63. The topological polar surface area (TPSA) is 98.3 Å². The lowest BCUT2D eigenvalue weighted by Crippen LogP contribution is -2.37. The van der Waals surface area contributed by atoms with E-state index in [2.05, 4.69) is 5.32 Å². The third-order valence-corrected chi connectivity index (χ3v) is 3.76. The number of rotatable bonds is 3. The molecular weight excluding hydrogens is 258 g/mol. The average molecular weight is 277 g/mol. The van der Waals surface area contributed by atoms with Crippen LogP contribution in [0.4, 0.5) is 11.4 Å². The SMILES string of the molecule is NC1CCCCCC1C(=O)Nc1ccccc1[N+](=O)[O-]. The van der Waals surface area contributed by atoms with Gasteiger partial charge in [-0.3, -0.25) is 14.9 Å². The normalized spacial score (nSPS) is 22.9. The van der Waals surface area contributed by atoms with Crippen molar-refractivity contribution in [2.75, 3.05) is 5.32 Å². The standard InChI is InChI=1S/C14H19N3O3/c15-11-7-3-1-2-6-10(11)14(18)16-12-8-4-5-9-13(12)17(19)20/h4-5,8-11H,1-3,6-7,15H2,(H,16,18). The molecule has 0 radical (unpaired) electrons. The monoisotopic (exact) mass is 277 g/mol. The molecule has 2 unspecified atom stereocenters. The van der Waals surface area contributed by atoms with E-state index in [4.69, 9.17) is 5.73 Å². The number of benzene rings is 1. The number of anilines is 1. The number of carbonyl (C=O) groups excluding carboxylic acids is 1. The minimum atomic E-state index is -0.497. The summed E-state index contributed by atoms with van der Waals surface area (Å²) in [5.41, 5.74) is 6.18. The number of nitrogens with zero attached hydrogens (tertiary/aromatic N) is 1. The Morgan fingerprint density at radius 1 is 1.25 bits per heavy atom. The molecule has 1 aliphatic carbocycles. The summed E-state index contributed by atoms with van der Waals surface area (Å²) in [5.74, 6) is -0.481. The summed E-state index contributed by atoms with van der Waals surface area (Å²) >= 11 is 0. The number of nitrogens with one attached hydrogen (secondary N) is 1. The molecule has 1 fully saturated rings. The van der Waals surface area contributed by atoms with E-state index in [1.165, 1.54) is 12.1 Å². The zero-order valence-electron chi connectivity index (χ0n) is 11.2. The van der Waals surface area contributed by atoms with Gasteiger partial charge in [0, 0.05) is 12.1 Å². The zero-order valence-corrected chi connectivity index (χ0v) is 11.2. The van der Waals surface area contributed by atoms with Gasteiger partial charge in [-0.2, -0.15) is 0 Å². The Bertz CT molecular complexity index is 504. The summed E-state index contributed by atoms with van der Waals surface area (Å²) in [6, 6.07) is 5.99. The predicted molar refractivity (Wildman–Crippen MR) is 76.3 cm³/mol. The second-order valence-electron chi connectivity index (χ2n) is 5.17. The molecule has 20 heavy (non-hydrogen) atoms. The molecule has 6 heteroatoms. The highest BCUT2D eigenvalue weighted by molar-refractivity contribution is 5.95. The predicted octanol–water partition coefficient (Wildman–Crippen LogP) is 2.44. The molecule has 108 valence electrons. The van der Waals surface area contributed by atoms with Gasteiger partial charge in [-0.25, -0.2) is 0 Å². The van der Waals surface area contributed by atoms with Crippen molar-refractivity contribution in [1.82, 2.24) is 0 Å². The summed E-state index contributed by atoms with van der Waals surface area (Å²) in [4.78, 5) is 22.7. The highest BCUT2D eigenvalue weighted by atomic mass is 16.6. The first-order valence-corrected chi connectivity index (χ1v) is 6.89. The Morgan fingerprint density at radius 3 is 2.70 bits per heavy atom. The summed E-state index contributed by atoms with van der Waals surface area (Å²) in [7, 11) is 0. The number of hydrogen-bond acceptors (Lipinski definition) is 4. The maximum Gasteiger partial charge on any atom is 0.292 e. The number of hydrogen-bond donors (Lipinski definition) is 2. The van der Waals surface area contributed by atoms with Crippen LogP contribution in [0.3, 0.4) is 0 Å². The van der Waals surface area contributed by atoms with Gasteiger partial charge in [-0.1, -0.05) is 31.4 Å². The number of nitro groups is 1. The van der Waals surface area contributed by atoms with Crippen molar-refractivity contribution < 1.29 is 9.72 Å². The van der Waals surface area contributed by atoms with Crippen LogP contribution in [0.15, 0.2) is 24.3 Å². The van der Waals surface area contributed by atoms with Gasteiger partial charge in [0.1, 0.15) is 5.69 Å². The summed E-state index contributed by atoms with van der Waals surface area (Å²) in [5, 5.41) is 13.6. The molecule has 0 saturated heterocycles. The van der Waals surface area contributed by atoms with Gasteiger partial charge in [0.05, 0.1) is 10.8 Å². The second-order valence-corrected chi connectivity index (χ2v) is 5.17. The van der Waals surface area contributed by atoms with Crippen LogP contribution < -0.4 is 11.1 Å². The van der Waals surface area contributed by atoms with Crippen molar-refractivity contribution in [3.05, 3.63) is 34.4 Å². The Balaban J connectivity index is 2.13. The largest absolute Gasteiger partial charge is 0.327 e. The molecule has 1 aromatic rings. The second kappa shape index (κ2) is 6.47. The van der Waals surface area contributed by atoms with E-state index in [0.717, 1.165) is 32.1 Å². The van der Waals surface area contributed by atoms with Gasteiger partial charge in [-0.05, 0) is 18.9 Å². The van der Waals surface area contributed by atoms with Crippen molar-refractivity contribution in [2.24, 2.45) is 11.7 Å². The van der Waals surface area contributed by atoms with Gasteiger partial charge in [0.2, 0.25) is 5.91 Å². The van der Waals surface area contributed by atoms with E-state index in [1.807, 2.05) is 0 Å². The fourth-order valence-corrected chi connectivity index (χ4v) is 2.63. The first kappa shape index (κ1) is 14.5. The van der Waals surface area contributed by atoms with Crippen LogP contribution in [-0.2, 0) is 4.79 Å². The molecule has 1 aliphatic rings. The van der Waals surface area contributed by atoms with Gasteiger partial charge in [-0.15, -0.1) is 0 Å². The van der Waals surface area contributed by atoms with Crippen LogP contribution in [0.1, 0.15) is 32.1 Å². The highest BCUT2D eigenvalue weighted by Crippen LogP contribution is 2.27. The number of carbonyl (C=O) groups is 1. The van der Waals surface area contributed by atoms with Crippen molar-refractivity contribution >= 4 is 17.3 Å². The molecule has 1 saturated carbocycles. The summed E-state index contributed by atoms with van der Waals surface area (Å²) in [6.45, 7) is 0. The summed E-state index contributed by atoms with van der Waals surface area (Å²) in [6.07, 6.45) is 4.67. The van der Waals surface area contributed by atoms with Gasteiger partial charge in [0.25, 0.3) is 5.69 Å². The Morgan fingerprint density at radius 2 is 1.95 bits per heavy atom. The van der Waals surface area contributed by atoms with Gasteiger partial charge < -0.3 is 11.1 Å². The fraction of sp³-hybridized carbons (Fsp3) is 0.500. The highest BCUT2D eigenvalue weighted by Gasteiger charge is 2.28. The molecule has 3 N–H and O–H groups in total. The van der Waals surface area contributed by atoms with Crippen LogP contribution in [0.25, 0.3) is 0 Å². The fourth-order valence-electron chi connectivity index (χ4n) is 2.63. The smallest absolute Gasteiger partial charge is 0.292 e. The molecule has 2 atom stereocenters. The minimum absolute atomic E-state index is 0.0944. The number of nitro benzene ring substituents is 1. The van der Waals surface area contributed by atoms with E-state index in [-0.39, 0.29) is 29.2 Å². The van der Waals surface area contributed by atoms with Crippen LogP contribution in [0.2, 0.25) is 0 Å². The molecule has 0 aliphatic heterocycles. The molecule has 0 bridgehead atoms. The van der Waals surface area contributed by atoms with Crippen LogP contribution in [0, 0.1) is 16.0 Å². The maximum atomic E-state index is 12.3. The Labute approximate surface area is 117 Å². The Hall–Kier alpha value is -1.95. The first-order chi connectivity index (χ1) is 9.59. The lowest BCUT2D eigenvalue weighted by molar-refractivity contribution is -0.383. The molecule has 0 heterocycles. The third kappa shape index (κ3) is 3.33. The maximum absolute atomic E-state index is 12.3. The summed E-state index contributed by atoms with van der Waals surface area (Å²) < 4.78 is 0. The van der Waals surface area contributed by atoms with E-state index in [0.29, 0.717) is 0 Å². The lowest BCUT2D eigenvalue weighted by Gasteiger charge is -2.20. The van der Waals surface area contributed by atoms with Gasteiger partial charge >= 0.3 is 0 Å². The van der Waals surface area contributed by atoms with Crippen LogP contribution in [0.5, 0.6) is 0 Å². The zero-order chi connectivity index (χ0) is 14.5. The van der Waals surface area contributed by atoms with Crippen LogP contribution in [-0.4, -0.2) is 16.9 Å². The molecule has 1 amide bonds. The molecule has 0 aromatic heterocycles. The van der Waals surface area contributed by atoms with Gasteiger partial charge in [0.15, 0.2) is 0 Å². The number of para-hydroxylation sites is 2. The molecule has 2 rings (SSSR count). The lowest BCUT2D eigenvalue weighted by atomic mass is 9.94. The molecule has 6 nitrogen and oxygen atoms in total. The van der Waals surface area contributed by atoms with E-state index in [1.54, 1.807) is 12.1 Å². The van der Waals surface area contributed by atoms with Crippen LogP contribution >= 0.6 is 0 Å². The number of amides is 1. The molecule has 0 spiro atoms. The Kier molecular flexibility index (Phi) is 4.68. The minimum Gasteiger partial charge on any atom is -0.327 e. The van der Waals surface area contributed by atoms with E-state index >= 15 is 0 Å². The van der Waals surface area contributed by atoms with E-state index < -0.39 is 4.92 Å². The molecular formula is C14H19N3O3.